The van der Waals surface area contributed by atoms with Gasteiger partial charge in [0.15, 0.2) is 0 Å². The highest BCUT2D eigenvalue weighted by molar-refractivity contribution is 5.84. The maximum absolute atomic E-state index is 5.84. The first-order chi connectivity index (χ1) is 6.57. The lowest BCUT2D eigenvalue weighted by molar-refractivity contribution is 0.585. The van der Waals surface area contributed by atoms with E-state index in [1.165, 1.54) is 0 Å². The van der Waals surface area contributed by atoms with E-state index in [-0.39, 0.29) is 0 Å². The zero-order chi connectivity index (χ0) is 10.2. The van der Waals surface area contributed by atoms with Crippen molar-refractivity contribution in [2.24, 2.45) is 16.5 Å². The summed E-state index contributed by atoms with van der Waals surface area (Å²) in [6, 6.07) is 1.80. The van der Waals surface area contributed by atoms with Gasteiger partial charge in [-0.3, -0.25) is 0 Å². The highest BCUT2D eigenvalue weighted by Gasteiger charge is 2.21. The normalized spacial score (nSPS) is 26.4. The molecule has 2 rings (SSSR count). The van der Waals surface area contributed by atoms with Gasteiger partial charge in [-0.05, 0) is 19.1 Å². The number of rotatable bonds is 0. The van der Waals surface area contributed by atoms with Crippen molar-refractivity contribution in [3.63, 3.8) is 0 Å². The molecule has 0 fully saturated rings. The number of hydrogen-bond acceptors (Lipinski definition) is 5. The van der Waals surface area contributed by atoms with E-state index in [1.54, 1.807) is 36.1 Å². The molecule has 5 N–H and O–H groups in total. The molecule has 0 spiro atoms. The number of aromatic nitrogens is 2. The summed E-state index contributed by atoms with van der Waals surface area (Å²) in [7, 11) is 0. The van der Waals surface area contributed by atoms with Crippen LogP contribution in [0.25, 0.3) is 0 Å². The van der Waals surface area contributed by atoms with Gasteiger partial charge in [0, 0.05) is 12.4 Å². The second kappa shape index (κ2) is 2.85. The molecule has 6 nitrogen and oxygen atoms in total. The first kappa shape index (κ1) is 8.76. The molecule has 14 heavy (non-hydrogen) atoms. The molecule has 0 amide bonds. The van der Waals surface area contributed by atoms with Crippen LogP contribution in [0.2, 0.25) is 0 Å². The monoisotopic (exact) mass is 192 g/mol. The number of aliphatic imine (C=N–C) groups is 1. The molecule has 0 radical (unpaired) electrons. The Kier molecular flexibility index (Phi) is 1.78. The molecule has 0 bridgehead atoms. The summed E-state index contributed by atoms with van der Waals surface area (Å²) in [5, 5.41) is 6.91. The zero-order valence-electron chi connectivity index (χ0n) is 7.81. The van der Waals surface area contributed by atoms with Crippen LogP contribution in [0, 0.1) is 0 Å². The minimum absolute atomic E-state index is 0.482. The summed E-state index contributed by atoms with van der Waals surface area (Å²) in [5.74, 6) is 1.01. The average Bonchev–Trinajstić information content (AvgIpc) is 2.51. The Bertz CT molecular complexity index is 386. The van der Waals surface area contributed by atoms with Crippen LogP contribution in [0.4, 0.5) is 0 Å². The maximum Gasteiger partial charge on any atom is 0.226 e. The van der Waals surface area contributed by atoms with Crippen molar-refractivity contribution in [2.75, 3.05) is 0 Å². The van der Waals surface area contributed by atoms with Crippen molar-refractivity contribution in [2.45, 2.75) is 12.6 Å². The van der Waals surface area contributed by atoms with Gasteiger partial charge in [0.25, 0.3) is 0 Å². The molecule has 1 aromatic rings. The molecule has 6 heteroatoms. The van der Waals surface area contributed by atoms with E-state index in [9.17, 15) is 0 Å². The van der Waals surface area contributed by atoms with E-state index in [2.05, 4.69) is 15.4 Å². The number of nitrogens with one attached hydrogen (secondary N) is 1. The van der Waals surface area contributed by atoms with Gasteiger partial charge >= 0.3 is 0 Å². The van der Waals surface area contributed by atoms with E-state index in [0.717, 1.165) is 0 Å². The molecular weight excluding hydrogens is 180 g/mol. The molecule has 2 heterocycles. The van der Waals surface area contributed by atoms with Crippen molar-refractivity contribution >= 4 is 5.96 Å². The van der Waals surface area contributed by atoms with Crippen molar-refractivity contribution in [1.82, 2.24) is 15.1 Å². The van der Waals surface area contributed by atoms with Crippen LogP contribution in [0.5, 0.6) is 0 Å². The molecule has 0 saturated heterocycles. The van der Waals surface area contributed by atoms with E-state index < -0.39 is 5.66 Å². The van der Waals surface area contributed by atoms with Gasteiger partial charge < -0.3 is 16.8 Å². The molecule has 0 saturated carbocycles. The van der Waals surface area contributed by atoms with Crippen LogP contribution in [0.3, 0.4) is 0 Å². The summed E-state index contributed by atoms with van der Waals surface area (Å²) >= 11 is 0. The van der Waals surface area contributed by atoms with Crippen LogP contribution < -0.4 is 16.8 Å². The van der Waals surface area contributed by atoms with E-state index in [1.807, 2.05) is 0 Å². The van der Waals surface area contributed by atoms with Crippen molar-refractivity contribution in [3.8, 4) is 0 Å². The SMILES string of the molecule is CC1(N)C=C(N)NC(n2cccn2)=N1. The van der Waals surface area contributed by atoms with Crippen LogP contribution in [0.1, 0.15) is 6.92 Å². The highest BCUT2D eigenvalue weighted by atomic mass is 15.4. The van der Waals surface area contributed by atoms with E-state index in [0.29, 0.717) is 11.8 Å². The lowest BCUT2D eigenvalue weighted by Gasteiger charge is -2.24. The van der Waals surface area contributed by atoms with Crippen molar-refractivity contribution in [3.05, 3.63) is 30.4 Å². The average molecular weight is 192 g/mol. The van der Waals surface area contributed by atoms with Crippen LogP contribution >= 0.6 is 0 Å². The third-order valence-corrected chi connectivity index (χ3v) is 1.77. The van der Waals surface area contributed by atoms with E-state index >= 15 is 0 Å². The van der Waals surface area contributed by atoms with E-state index in [4.69, 9.17) is 11.5 Å². The Balaban J connectivity index is 2.35. The molecule has 74 valence electrons. The topological polar surface area (TPSA) is 94.2 Å². The number of nitrogens with zero attached hydrogens (tertiary/aromatic N) is 3. The summed E-state index contributed by atoms with van der Waals surface area (Å²) in [6.07, 6.45) is 5.08. The van der Waals surface area contributed by atoms with Gasteiger partial charge in [0.2, 0.25) is 5.96 Å². The Morgan fingerprint density at radius 1 is 1.57 bits per heavy atom. The quantitative estimate of drug-likeness (QED) is 0.500. The van der Waals surface area contributed by atoms with Crippen LogP contribution in [0.15, 0.2) is 35.3 Å². The third kappa shape index (κ3) is 1.60. The summed E-state index contributed by atoms with van der Waals surface area (Å²) in [4.78, 5) is 4.23. The minimum atomic E-state index is -0.781. The summed E-state index contributed by atoms with van der Waals surface area (Å²) in [6.45, 7) is 1.77. The fraction of sp³-hybridized carbons (Fsp3) is 0.250. The second-order valence-electron chi connectivity index (χ2n) is 3.34. The second-order valence-corrected chi connectivity index (χ2v) is 3.34. The van der Waals surface area contributed by atoms with Crippen molar-refractivity contribution in [1.29, 1.82) is 0 Å². The molecule has 1 aliphatic heterocycles. The summed E-state index contributed by atoms with van der Waals surface area (Å²) < 4.78 is 1.57. The van der Waals surface area contributed by atoms with Gasteiger partial charge in [-0.15, -0.1) is 0 Å². The summed E-state index contributed by atoms with van der Waals surface area (Å²) in [5.41, 5.74) is 10.7. The lowest BCUT2D eigenvalue weighted by atomic mass is 10.2. The molecule has 1 aliphatic rings. The fourth-order valence-electron chi connectivity index (χ4n) is 1.27. The first-order valence-electron chi connectivity index (χ1n) is 4.21. The third-order valence-electron chi connectivity index (χ3n) is 1.77. The maximum atomic E-state index is 5.84. The Morgan fingerprint density at radius 2 is 2.36 bits per heavy atom. The molecule has 0 aliphatic carbocycles. The van der Waals surface area contributed by atoms with Gasteiger partial charge in [-0.2, -0.15) is 5.10 Å². The minimum Gasteiger partial charge on any atom is -0.385 e. The molecule has 0 aromatic carbocycles. The standard InChI is InChI=1S/C8H12N6/c1-8(10)5-6(9)12-7(13-8)14-4-2-3-11-14/h2-5H,9-10H2,1H3,(H,12,13). The number of nitrogens with two attached hydrogens (primary N) is 2. The van der Waals surface area contributed by atoms with Crippen LogP contribution in [-0.2, 0) is 0 Å². The van der Waals surface area contributed by atoms with Crippen LogP contribution in [-0.4, -0.2) is 21.4 Å². The molecule has 1 atom stereocenters. The van der Waals surface area contributed by atoms with Gasteiger partial charge in [-0.1, -0.05) is 0 Å². The predicted molar refractivity (Wildman–Crippen MR) is 53.1 cm³/mol. The van der Waals surface area contributed by atoms with Crippen molar-refractivity contribution < 1.29 is 0 Å². The Labute approximate surface area is 81.3 Å². The zero-order valence-corrected chi connectivity index (χ0v) is 7.81. The molecule has 1 aromatic heterocycles. The molecular formula is C8H12N6. The fourth-order valence-corrected chi connectivity index (χ4v) is 1.27. The number of hydrogen-bond donors (Lipinski definition) is 3. The molecule has 1 unspecified atom stereocenters. The van der Waals surface area contributed by atoms with Gasteiger partial charge in [-0.25, -0.2) is 9.67 Å². The Morgan fingerprint density at radius 3 is 2.93 bits per heavy atom. The smallest absolute Gasteiger partial charge is 0.226 e. The van der Waals surface area contributed by atoms with Gasteiger partial charge in [0.1, 0.15) is 11.5 Å². The Hall–Kier alpha value is -1.82. The largest absolute Gasteiger partial charge is 0.385 e. The van der Waals surface area contributed by atoms with Gasteiger partial charge in [0.05, 0.1) is 0 Å². The predicted octanol–water partition coefficient (Wildman–Crippen LogP) is -0.835. The highest BCUT2D eigenvalue weighted by Crippen LogP contribution is 2.09. The lowest BCUT2D eigenvalue weighted by Crippen LogP contribution is -2.45. The first-order valence-corrected chi connectivity index (χ1v) is 4.21.